The molecule has 19 heavy (non-hydrogen) atoms. The molecule has 0 bridgehead atoms. The van der Waals surface area contributed by atoms with Crippen LogP contribution >= 0.6 is 0 Å². The highest BCUT2D eigenvalue weighted by atomic mass is 16.6. The number of carbonyl (C=O) groups excluding carboxylic acids is 2. The number of hydrogen-bond donors (Lipinski definition) is 0. The van der Waals surface area contributed by atoms with Gasteiger partial charge in [-0.2, -0.15) is 0 Å². The Kier molecular flexibility index (Phi) is 3.86. The van der Waals surface area contributed by atoms with E-state index in [1.165, 1.54) is 29.2 Å². The van der Waals surface area contributed by atoms with Crippen LogP contribution in [0.5, 0.6) is 0 Å². The quantitative estimate of drug-likeness (QED) is 0.452. The van der Waals surface area contributed by atoms with Crippen molar-refractivity contribution in [1.29, 1.82) is 0 Å². The Labute approximate surface area is 108 Å². The van der Waals surface area contributed by atoms with Gasteiger partial charge in [-0.3, -0.25) is 19.7 Å². The molecule has 0 N–H and O–H groups in total. The number of Topliss-reactive ketones (excluding diaryl/α,β-unsaturated/α-hetero) is 1. The van der Waals surface area contributed by atoms with Gasteiger partial charge in [0.05, 0.1) is 18.1 Å². The van der Waals surface area contributed by atoms with Gasteiger partial charge in [0.2, 0.25) is 5.91 Å². The summed E-state index contributed by atoms with van der Waals surface area (Å²) in [6.07, 6.45) is 0. The van der Waals surface area contributed by atoms with Gasteiger partial charge in [-0.25, -0.2) is 0 Å². The van der Waals surface area contributed by atoms with Gasteiger partial charge < -0.3 is 9.64 Å². The lowest BCUT2D eigenvalue weighted by molar-refractivity contribution is -0.384. The molecular weight excluding hydrogens is 252 g/mol. The van der Waals surface area contributed by atoms with Gasteiger partial charge in [-0.15, -0.1) is 0 Å². The number of nitro groups is 1. The third-order valence-electron chi connectivity index (χ3n) is 2.82. The van der Waals surface area contributed by atoms with Crippen LogP contribution in [0.25, 0.3) is 0 Å². The molecule has 7 heteroatoms. The fourth-order valence-electron chi connectivity index (χ4n) is 1.75. The number of nitro benzene ring substituents is 1. The van der Waals surface area contributed by atoms with Gasteiger partial charge >= 0.3 is 0 Å². The number of ether oxygens (including phenoxy) is 1. The molecule has 1 aromatic carbocycles. The Bertz CT molecular complexity index is 511. The Balaban J connectivity index is 2.03. The predicted molar refractivity (Wildman–Crippen MR) is 64.8 cm³/mol. The van der Waals surface area contributed by atoms with Crippen molar-refractivity contribution in [3.05, 3.63) is 39.9 Å². The normalized spacial score (nSPS) is 15.4. The molecule has 2 rings (SSSR count). The van der Waals surface area contributed by atoms with E-state index in [4.69, 9.17) is 4.74 Å². The topological polar surface area (TPSA) is 89.8 Å². The van der Waals surface area contributed by atoms with Crippen LogP contribution in [-0.4, -0.2) is 47.8 Å². The molecule has 0 saturated carbocycles. The summed E-state index contributed by atoms with van der Waals surface area (Å²) >= 11 is 0. The number of amides is 1. The maximum absolute atomic E-state index is 11.9. The standard InChI is InChI=1S/C12H12N2O5/c15-11(7-13-5-6-19-8-12(13)16)9-1-3-10(4-2-9)14(17)18/h1-4H,5-8H2. The van der Waals surface area contributed by atoms with Crippen LogP contribution in [0.15, 0.2) is 24.3 Å². The van der Waals surface area contributed by atoms with E-state index in [0.717, 1.165) is 0 Å². The van der Waals surface area contributed by atoms with Crippen molar-refractivity contribution in [3.8, 4) is 0 Å². The smallest absolute Gasteiger partial charge is 0.269 e. The summed E-state index contributed by atoms with van der Waals surface area (Å²) in [5.41, 5.74) is 0.281. The SMILES string of the molecule is O=C(CN1CCOCC1=O)c1ccc([N+](=O)[O-])cc1. The first kappa shape index (κ1) is 13.2. The van der Waals surface area contributed by atoms with Crippen LogP contribution < -0.4 is 0 Å². The highest BCUT2D eigenvalue weighted by Crippen LogP contribution is 2.13. The van der Waals surface area contributed by atoms with E-state index in [1.807, 2.05) is 0 Å². The third kappa shape index (κ3) is 3.14. The van der Waals surface area contributed by atoms with Gasteiger partial charge in [-0.1, -0.05) is 0 Å². The second-order valence-electron chi connectivity index (χ2n) is 4.10. The molecule has 7 nitrogen and oxygen atoms in total. The van der Waals surface area contributed by atoms with Crippen LogP contribution in [-0.2, 0) is 9.53 Å². The van der Waals surface area contributed by atoms with Crippen LogP contribution in [0.4, 0.5) is 5.69 Å². The first-order chi connectivity index (χ1) is 9.08. The number of rotatable bonds is 4. The number of carbonyl (C=O) groups is 2. The number of hydrogen-bond acceptors (Lipinski definition) is 5. The molecule has 100 valence electrons. The van der Waals surface area contributed by atoms with Crippen LogP contribution in [0, 0.1) is 10.1 Å². The first-order valence-electron chi connectivity index (χ1n) is 5.71. The highest BCUT2D eigenvalue weighted by Gasteiger charge is 2.21. The van der Waals surface area contributed by atoms with Crippen molar-refractivity contribution in [1.82, 2.24) is 4.90 Å². The average Bonchev–Trinajstić information content (AvgIpc) is 2.41. The summed E-state index contributed by atoms with van der Waals surface area (Å²) in [7, 11) is 0. The van der Waals surface area contributed by atoms with Crippen LogP contribution in [0.2, 0.25) is 0 Å². The lowest BCUT2D eigenvalue weighted by atomic mass is 10.1. The fourth-order valence-corrected chi connectivity index (χ4v) is 1.75. The van der Waals surface area contributed by atoms with Crippen LogP contribution in [0.3, 0.4) is 0 Å². The molecule has 1 saturated heterocycles. The molecule has 1 aliphatic rings. The second kappa shape index (κ2) is 5.57. The molecule has 1 heterocycles. The monoisotopic (exact) mass is 264 g/mol. The number of morpholine rings is 1. The molecule has 0 aliphatic carbocycles. The molecule has 1 aromatic rings. The summed E-state index contributed by atoms with van der Waals surface area (Å²) in [6.45, 7) is 0.768. The zero-order valence-corrected chi connectivity index (χ0v) is 10.1. The zero-order chi connectivity index (χ0) is 13.8. The molecule has 0 unspecified atom stereocenters. The minimum atomic E-state index is -0.528. The minimum Gasteiger partial charge on any atom is -0.370 e. The molecule has 0 spiro atoms. The lowest BCUT2D eigenvalue weighted by Crippen LogP contribution is -2.44. The van der Waals surface area contributed by atoms with Gasteiger partial charge in [-0.05, 0) is 12.1 Å². The van der Waals surface area contributed by atoms with E-state index in [2.05, 4.69) is 0 Å². The predicted octanol–water partition coefficient (Wildman–Crippen LogP) is 0.636. The molecule has 1 aliphatic heterocycles. The highest BCUT2D eigenvalue weighted by molar-refractivity contribution is 5.99. The summed E-state index contributed by atoms with van der Waals surface area (Å²) in [5, 5.41) is 10.5. The van der Waals surface area contributed by atoms with Gasteiger partial charge in [0.1, 0.15) is 6.61 Å². The number of benzene rings is 1. The van der Waals surface area contributed by atoms with E-state index < -0.39 is 4.92 Å². The zero-order valence-electron chi connectivity index (χ0n) is 10.1. The number of nitrogens with zero attached hydrogens (tertiary/aromatic N) is 2. The first-order valence-corrected chi connectivity index (χ1v) is 5.71. The number of ketones is 1. The average molecular weight is 264 g/mol. The van der Waals surface area contributed by atoms with E-state index in [9.17, 15) is 19.7 Å². The number of non-ortho nitro benzene ring substituents is 1. The van der Waals surface area contributed by atoms with Gasteiger partial charge in [0, 0.05) is 24.2 Å². The molecule has 0 aromatic heterocycles. The second-order valence-corrected chi connectivity index (χ2v) is 4.10. The van der Waals surface area contributed by atoms with E-state index in [1.54, 1.807) is 0 Å². The van der Waals surface area contributed by atoms with Crippen molar-refractivity contribution in [2.75, 3.05) is 26.3 Å². The summed E-state index contributed by atoms with van der Waals surface area (Å²) in [5.74, 6) is -0.466. The fraction of sp³-hybridized carbons (Fsp3) is 0.333. The van der Waals surface area contributed by atoms with Crippen molar-refractivity contribution in [2.45, 2.75) is 0 Å². The summed E-state index contributed by atoms with van der Waals surface area (Å²) in [6, 6.07) is 5.33. The Morgan fingerprint density at radius 2 is 2.05 bits per heavy atom. The van der Waals surface area contributed by atoms with Crippen molar-refractivity contribution in [2.24, 2.45) is 0 Å². The van der Waals surface area contributed by atoms with E-state index >= 15 is 0 Å². The van der Waals surface area contributed by atoms with Gasteiger partial charge in [0.25, 0.3) is 5.69 Å². The Hall–Kier alpha value is -2.28. The molecular formula is C12H12N2O5. The molecule has 1 fully saturated rings. The van der Waals surface area contributed by atoms with E-state index in [-0.39, 0.29) is 30.5 Å². The molecule has 0 atom stereocenters. The molecule has 0 radical (unpaired) electrons. The van der Waals surface area contributed by atoms with E-state index in [0.29, 0.717) is 18.7 Å². The molecule has 1 amide bonds. The van der Waals surface area contributed by atoms with Gasteiger partial charge in [0.15, 0.2) is 5.78 Å². The maximum atomic E-state index is 11.9. The Morgan fingerprint density at radius 3 is 2.63 bits per heavy atom. The summed E-state index contributed by atoms with van der Waals surface area (Å²) < 4.78 is 4.96. The van der Waals surface area contributed by atoms with Crippen molar-refractivity contribution < 1.29 is 19.2 Å². The van der Waals surface area contributed by atoms with Crippen LogP contribution in [0.1, 0.15) is 10.4 Å². The Morgan fingerprint density at radius 1 is 1.37 bits per heavy atom. The minimum absolute atomic E-state index is 0.00641. The third-order valence-corrected chi connectivity index (χ3v) is 2.82. The lowest BCUT2D eigenvalue weighted by Gasteiger charge is -2.25. The van der Waals surface area contributed by atoms with Crippen molar-refractivity contribution in [3.63, 3.8) is 0 Å². The largest absolute Gasteiger partial charge is 0.370 e. The maximum Gasteiger partial charge on any atom is 0.269 e. The summed E-state index contributed by atoms with van der Waals surface area (Å²) in [4.78, 5) is 34.8. The van der Waals surface area contributed by atoms with Crippen molar-refractivity contribution >= 4 is 17.4 Å².